The molecule has 0 N–H and O–H groups in total. The van der Waals surface area contributed by atoms with Gasteiger partial charge in [0, 0.05) is 0 Å². The summed E-state index contributed by atoms with van der Waals surface area (Å²) in [5.41, 5.74) is -2.94. The van der Waals surface area contributed by atoms with Gasteiger partial charge in [0.15, 0.2) is 0 Å². The predicted octanol–water partition coefficient (Wildman–Crippen LogP) is 2.84. The Bertz CT molecular complexity index is 114. The molecular formula is C5H10F2OP+. The lowest BCUT2D eigenvalue weighted by Gasteiger charge is -1.98. The Balaban J connectivity index is 3.97. The van der Waals surface area contributed by atoms with Gasteiger partial charge in [-0.05, 0) is 6.92 Å². The topological polar surface area (TPSA) is 17.1 Å². The summed E-state index contributed by atoms with van der Waals surface area (Å²) in [5, 5.41) is 0. The average molecular weight is 155 g/mol. The fraction of sp³-hybridized carbons (Fsp3) is 1.00. The maximum absolute atomic E-state index is 12.3. The summed E-state index contributed by atoms with van der Waals surface area (Å²) in [4.78, 5) is 0. The first-order chi connectivity index (χ1) is 4.04. The van der Waals surface area contributed by atoms with E-state index in [1.165, 1.54) is 13.8 Å². The zero-order valence-corrected chi connectivity index (χ0v) is 6.42. The molecule has 0 aliphatic carbocycles. The quantitative estimate of drug-likeness (QED) is 0.572. The number of hydrogen-bond acceptors (Lipinski definition) is 1. The van der Waals surface area contributed by atoms with Crippen LogP contribution in [-0.4, -0.2) is 11.8 Å². The van der Waals surface area contributed by atoms with E-state index in [2.05, 4.69) is 0 Å². The zero-order valence-electron chi connectivity index (χ0n) is 5.53. The van der Waals surface area contributed by atoms with E-state index < -0.39 is 13.5 Å². The van der Waals surface area contributed by atoms with Gasteiger partial charge in [0.05, 0.1) is 6.42 Å². The van der Waals surface area contributed by atoms with Crippen molar-refractivity contribution in [3.05, 3.63) is 0 Å². The first-order valence-electron chi connectivity index (χ1n) is 2.87. The molecule has 0 bridgehead atoms. The molecule has 1 nitrogen and oxygen atoms in total. The van der Waals surface area contributed by atoms with Crippen LogP contribution in [0.5, 0.6) is 0 Å². The lowest BCUT2D eigenvalue weighted by atomic mass is 10.5. The summed E-state index contributed by atoms with van der Waals surface area (Å²) >= 11 is 0. The average Bonchev–Trinajstić information content (AvgIpc) is 1.86. The van der Waals surface area contributed by atoms with Crippen LogP contribution < -0.4 is 0 Å². The van der Waals surface area contributed by atoms with Crippen LogP contribution in [0.25, 0.3) is 0 Å². The van der Waals surface area contributed by atoms with Crippen molar-refractivity contribution in [2.24, 2.45) is 0 Å². The summed E-state index contributed by atoms with van der Waals surface area (Å²) in [5.74, 6) is 0. The third-order valence-electron chi connectivity index (χ3n) is 1.08. The van der Waals surface area contributed by atoms with Gasteiger partial charge in [0.2, 0.25) is 0 Å². The predicted molar refractivity (Wildman–Crippen MR) is 33.4 cm³/mol. The first kappa shape index (κ1) is 8.96. The molecule has 0 aromatic carbocycles. The number of rotatable bonds is 3. The lowest BCUT2D eigenvalue weighted by Crippen LogP contribution is -2.08. The van der Waals surface area contributed by atoms with Crippen LogP contribution in [-0.2, 0) is 4.57 Å². The third kappa shape index (κ3) is 2.35. The molecule has 0 saturated heterocycles. The van der Waals surface area contributed by atoms with Gasteiger partial charge in [-0.1, -0.05) is 11.5 Å². The van der Waals surface area contributed by atoms with Gasteiger partial charge in [0.1, 0.15) is 6.16 Å². The number of halogens is 2. The van der Waals surface area contributed by atoms with E-state index in [9.17, 15) is 13.3 Å². The highest BCUT2D eigenvalue weighted by Crippen LogP contribution is 2.43. The summed E-state index contributed by atoms with van der Waals surface area (Å²) in [6.07, 6.45) is -0.258. The number of hydrogen-bond donors (Lipinski definition) is 0. The van der Waals surface area contributed by atoms with Crippen LogP contribution in [0.15, 0.2) is 0 Å². The molecule has 9 heavy (non-hydrogen) atoms. The molecule has 4 heteroatoms. The van der Waals surface area contributed by atoms with E-state index in [0.29, 0.717) is 0 Å². The monoisotopic (exact) mass is 155 g/mol. The second-order valence-electron chi connectivity index (χ2n) is 1.71. The van der Waals surface area contributed by atoms with Gasteiger partial charge in [-0.2, -0.15) is 8.78 Å². The molecule has 0 spiro atoms. The van der Waals surface area contributed by atoms with E-state index in [0.717, 1.165) is 0 Å². The SMILES string of the molecule is CC[P+](=O)C(F)(F)CC. The van der Waals surface area contributed by atoms with Crippen LogP contribution in [0.1, 0.15) is 20.3 Å². The van der Waals surface area contributed by atoms with Crippen LogP contribution >= 0.6 is 7.80 Å². The third-order valence-corrected chi connectivity index (χ3v) is 2.70. The maximum atomic E-state index is 12.3. The molecule has 0 aromatic rings. The van der Waals surface area contributed by atoms with Crippen molar-refractivity contribution in [3.8, 4) is 0 Å². The summed E-state index contributed by atoms with van der Waals surface area (Å²) in [7, 11) is -2.31. The molecule has 0 aromatic heterocycles. The van der Waals surface area contributed by atoms with Crippen LogP contribution in [0.2, 0.25) is 0 Å². The van der Waals surface area contributed by atoms with Gasteiger partial charge in [-0.15, -0.1) is 0 Å². The largest absolute Gasteiger partial charge is 0.440 e. The Labute approximate surface area is 54.2 Å². The Morgan fingerprint density at radius 2 is 1.89 bits per heavy atom. The second kappa shape index (κ2) is 3.21. The highest BCUT2D eigenvalue weighted by atomic mass is 31.1. The maximum Gasteiger partial charge on any atom is 0.440 e. The van der Waals surface area contributed by atoms with E-state index >= 15 is 0 Å². The highest BCUT2D eigenvalue weighted by molar-refractivity contribution is 7.45. The molecule has 0 aliphatic rings. The van der Waals surface area contributed by atoms with E-state index in [4.69, 9.17) is 0 Å². The Morgan fingerprint density at radius 3 is 2.00 bits per heavy atom. The Morgan fingerprint density at radius 1 is 1.44 bits per heavy atom. The molecule has 0 heterocycles. The molecular weight excluding hydrogens is 145 g/mol. The molecule has 0 saturated carbocycles. The molecule has 0 amide bonds. The van der Waals surface area contributed by atoms with Gasteiger partial charge in [-0.3, -0.25) is 0 Å². The minimum Gasteiger partial charge on any atom is -0.155 e. The summed E-state index contributed by atoms with van der Waals surface area (Å²) in [6.45, 7) is 2.84. The van der Waals surface area contributed by atoms with Crippen molar-refractivity contribution in [2.45, 2.75) is 25.9 Å². The van der Waals surface area contributed by atoms with Crippen molar-refractivity contribution < 1.29 is 13.3 Å². The molecule has 54 valence electrons. The molecule has 1 unspecified atom stereocenters. The van der Waals surface area contributed by atoms with Crippen molar-refractivity contribution in [1.82, 2.24) is 0 Å². The van der Waals surface area contributed by atoms with Crippen LogP contribution in [0.4, 0.5) is 8.78 Å². The molecule has 1 atom stereocenters. The zero-order chi connectivity index (χ0) is 7.49. The van der Waals surface area contributed by atoms with Crippen molar-refractivity contribution in [1.29, 1.82) is 0 Å². The van der Waals surface area contributed by atoms with E-state index in [-0.39, 0.29) is 12.6 Å². The number of alkyl halides is 2. The minimum atomic E-state index is -2.94. The van der Waals surface area contributed by atoms with Gasteiger partial charge >= 0.3 is 13.5 Å². The van der Waals surface area contributed by atoms with Gasteiger partial charge in [-0.25, -0.2) is 0 Å². The first-order valence-corrected chi connectivity index (χ1v) is 4.31. The fourth-order valence-electron chi connectivity index (χ4n) is 0.408. The molecule has 0 rings (SSSR count). The molecule has 0 fully saturated rings. The standard InChI is InChI=1S/C5H10F2OP/c1-3-5(6,7)9(8)4-2/h3-4H2,1-2H3/q+1. The molecule has 0 radical (unpaired) electrons. The van der Waals surface area contributed by atoms with Crippen LogP contribution in [0, 0.1) is 0 Å². The van der Waals surface area contributed by atoms with E-state index in [1.54, 1.807) is 0 Å². The minimum absolute atomic E-state index is 0.0656. The Kier molecular flexibility index (Phi) is 3.20. The molecule has 0 aliphatic heterocycles. The summed E-state index contributed by atoms with van der Waals surface area (Å²) < 4.78 is 35.0. The smallest absolute Gasteiger partial charge is 0.155 e. The van der Waals surface area contributed by atoms with Crippen molar-refractivity contribution >= 4 is 7.80 Å². The lowest BCUT2D eigenvalue weighted by molar-refractivity contribution is 0.0898. The van der Waals surface area contributed by atoms with Crippen molar-refractivity contribution in [3.63, 3.8) is 0 Å². The second-order valence-corrected chi connectivity index (χ2v) is 3.76. The Hall–Kier alpha value is -0.0400. The van der Waals surface area contributed by atoms with Gasteiger partial charge in [0.25, 0.3) is 0 Å². The van der Waals surface area contributed by atoms with Crippen LogP contribution in [0.3, 0.4) is 0 Å². The highest BCUT2D eigenvalue weighted by Gasteiger charge is 2.46. The van der Waals surface area contributed by atoms with Gasteiger partial charge < -0.3 is 0 Å². The normalized spacial score (nSPS) is 13.6. The van der Waals surface area contributed by atoms with E-state index in [1.807, 2.05) is 0 Å². The fourth-order valence-corrected chi connectivity index (χ4v) is 1.22. The summed E-state index contributed by atoms with van der Waals surface area (Å²) in [6, 6.07) is 0. The van der Waals surface area contributed by atoms with Crippen molar-refractivity contribution in [2.75, 3.05) is 6.16 Å².